The molecule has 13 heavy (non-hydrogen) atoms. The number of pyridine rings is 1. The van der Waals surface area contributed by atoms with Crippen molar-refractivity contribution in [2.75, 3.05) is 0 Å². The molecule has 1 aliphatic rings. The SMILES string of the molecule is C1=C[N-]C(=Cc2ccccn2)C=C1. The standard InChI is InChI=1S/C11H9N2/c1-3-7-12-10(5-1)9-11-6-2-4-8-13-11/h1-9H/q-1. The van der Waals surface area contributed by atoms with Crippen LogP contribution in [-0.4, -0.2) is 4.98 Å². The Morgan fingerprint density at radius 1 is 1.23 bits per heavy atom. The number of rotatable bonds is 1. The molecule has 0 saturated carbocycles. The lowest BCUT2D eigenvalue weighted by molar-refractivity contribution is 1.29. The molecule has 1 aromatic heterocycles. The minimum Gasteiger partial charge on any atom is -0.664 e. The fourth-order valence-electron chi connectivity index (χ4n) is 1.07. The van der Waals surface area contributed by atoms with Crippen LogP contribution in [0.4, 0.5) is 0 Å². The average Bonchev–Trinajstić information content (AvgIpc) is 2.21. The van der Waals surface area contributed by atoms with E-state index in [1.807, 2.05) is 42.5 Å². The molecular formula is C11H9N2-. The summed E-state index contributed by atoms with van der Waals surface area (Å²) in [6, 6.07) is 5.81. The molecule has 2 heterocycles. The second-order valence-corrected chi connectivity index (χ2v) is 2.65. The second kappa shape index (κ2) is 3.72. The summed E-state index contributed by atoms with van der Waals surface area (Å²) in [7, 11) is 0. The highest BCUT2D eigenvalue weighted by Crippen LogP contribution is 2.15. The lowest BCUT2D eigenvalue weighted by Crippen LogP contribution is -1.81. The van der Waals surface area contributed by atoms with Crippen molar-refractivity contribution in [2.24, 2.45) is 0 Å². The number of hydrogen-bond donors (Lipinski definition) is 0. The van der Waals surface area contributed by atoms with Gasteiger partial charge in [0.15, 0.2) is 0 Å². The molecular weight excluding hydrogens is 160 g/mol. The minimum absolute atomic E-state index is 0.932. The van der Waals surface area contributed by atoms with E-state index in [-0.39, 0.29) is 0 Å². The van der Waals surface area contributed by atoms with Gasteiger partial charge in [0.1, 0.15) is 0 Å². The van der Waals surface area contributed by atoms with Crippen molar-refractivity contribution < 1.29 is 0 Å². The predicted octanol–water partition coefficient (Wildman–Crippen LogP) is 2.88. The summed E-state index contributed by atoms with van der Waals surface area (Å²) in [5.74, 6) is 0. The molecule has 0 radical (unpaired) electrons. The molecule has 0 atom stereocenters. The van der Waals surface area contributed by atoms with Crippen LogP contribution >= 0.6 is 0 Å². The van der Waals surface area contributed by atoms with Gasteiger partial charge in [-0.15, -0.1) is 5.70 Å². The van der Waals surface area contributed by atoms with Crippen LogP contribution in [0.25, 0.3) is 11.4 Å². The summed E-state index contributed by atoms with van der Waals surface area (Å²) in [6.45, 7) is 0. The van der Waals surface area contributed by atoms with Gasteiger partial charge in [-0.05, 0) is 12.1 Å². The van der Waals surface area contributed by atoms with Crippen LogP contribution in [0.1, 0.15) is 5.69 Å². The van der Waals surface area contributed by atoms with Crippen molar-refractivity contribution in [1.29, 1.82) is 0 Å². The average molecular weight is 169 g/mol. The molecule has 2 rings (SSSR count). The highest BCUT2D eigenvalue weighted by atomic mass is 14.8. The smallest absolute Gasteiger partial charge is 0.0617 e. The van der Waals surface area contributed by atoms with Crippen LogP contribution in [0.3, 0.4) is 0 Å². The van der Waals surface area contributed by atoms with E-state index in [0.717, 1.165) is 11.4 Å². The maximum Gasteiger partial charge on any atom is 0.0617 e. The predicted molar refractivity (Wildman–Crippen MR) is 53.9 cm³/mol. The van der Waals surface area contributed by atoms with Crippen LogP contribution in [0.15, 0.2) is 54.5 Å². The highest BCUT2D eigenvalue weighted by Gasteiger charge is 1.85. The molecule has 0 fully saturated rings. The van der Waals surface area contributed by atoms with Crippen LogP contribution in [0.5, 0.6) is 0 Å². The zero-order valence-corrected chi connectivity index (χ0v) is 7.09. The zero-order chi connectivity index (χ0) is 8.93. The van der Waals surface area contributed by atoms with Crippen molar-refractivity contribution in [3.05, 3.63) is 65.5 Å². The fourth-order valence-corrected chi connectivity index (χ4v) is 1.07. The van der Waals surface area contributed by atoms with Crippen LogP contribution < -0.4 is 0 Å². The number of nitrogens with zero attached hydrogens (tertiary/aromatic N) is 2. The van der Waals surface area contributed by atoms with Gasteiger partial charge in [0.05, 0.1) is 5.69 Å². The Bertz CT molecular complexity index is 361. The lowest BCUT2D eigenvalue weighted by Gasteiger charge is -2.19. The molecule has 2 heteroatoms. The Labute approximate surface area is 77.3 Å². The van der Waals surface area contributed by atoms with E-state index in [1.54, 1.807) is 12.4 Å². The van der Waals surface area contributed by atoms with Crippen LogP contribution in [0, 0.1) is 0 Å². The van der Waals surface area contributed by atoms with E-state index in [4.69, 9.17) is 0 Å². The van der Waals surface area contributed by atoms with Gasteiger partial charge in [0, 0.05) is 6.20 Å². The maximum atomic E-state index is 4.18. The van der Waals surface area contributed by atoms with Crippen molar-refractivity contribution in [1.82, 2.24) is 4.98 Å². The molecule has 1 aromatic rings. The van der Waals surface area contributed by atoms with E-state index in [0.29, 0.717) is 0 Å². The third-order valence-electron chi connectivity index (χ3n) is 1.67. The molecule has 0 unspecified atom stereocenters. The van der Waals surface area contributed by atoms with Crippen molar-refractivity contribution in [3.8, 4) is 0 Å². The molecule has 0 aliphatic carbocycles. The van der Waals surface area contributed by atoms with Crippen molar-refractivity contribution >= 4 is 6.08 Å². The summed E-state index contributed by atoms with van der Waals surface area (Å²) in [5, 5.41) is 4.18. The third kappa shape index (κ3) is 2.06. The second-order valence-electron chi connectivity index (χ2n) is 2.65. The Morgan fingerprint density at radius 3 is 2.92 bits per heavy atom. The first kappa shape index (κ1) is 7.80. The van der Waals surface area contributed by atoms with Gasteiger partial charge >= 0.3 is 0 Å². The van der Waals surface area contributed by atoms with E-state index in [9.17, 15) is 0 Å². The van der Waals surface area contributed by atoms with E-state index in [2.05, 4.69) is 10.3 Å². The van der Waals surface area contributed by atoms with Crippen LogP contribution in [0.2, 0.25) is 0 Å². The first-order chi connectivity index (χ1) is 6.45. The first-order valence-corrected chi connectivity index (χ1v) is 4.12. The Morgan fingerprint density at radius 2 is 2.23 bits per heavy atom. The number of aromatic nitrogens is 1. The quantitative estimate of drug-likeness (QED) is 0.635. The van der Waals surface area contributed by atoms with Crippen LogP contribution in [-0.2, 0) is 0 Å². The highest BCUT2D eigenvalue weighted by molar-refractivity contribution is 5.59. The van der Waals surface area contributed by atoms with Gasteiger partial charge in [0.25, 0.3) is 0 Å². The van der Waals surface area contributed by atoms with Gasteiger partial charge in [-0.1, -0.05) is 30.4 Å². The molecule has 0 bridgehead atoms. The summed E-state index contributed by atoms with van der Waals surface area (Å²) in [4.78, 5) is 4.18. The van der Waals surface area contributed by atoms with E-state index < -0.39 is 0 Å². The van der Waals surface area contributed by atoms with Gasteiger partial charge in [-0.3, -0.25) is 4.98 Å². The monoisotopic (exact) mass is 169 g/mol. The fraction of sp³-hybridized carbons (Fsp3) is 0. The topological polar surface area (TPSA) is 27.0 Å². The molecule has 0 spiro atoms. The largest absolute Gasteiger partial charge is 0.664 e. The Kier molecular flexibility index (Phi) is 2.23. The lowest BCUT2D eigenvalue weighted by atomic mass is 10.2. The van der Waals surface area contributed by atoms with Gasteiger partial charge in [-0.2, -0.15) is 6.20 Å². The number of allylic oxidation sites excluding steroid dienone is 3. The maximum absolute atomic E-state index is 4.18. The van der Waals surface area contributed by atoms with Crippen molar-refractivity contribution in [3.63, 3.8) is 0 Å². The van der Waals surface area contributed by atoms with E-state index >= 15 is 0 Å². The molecule has 2 nitrogen and oxygen atoms in total. The zero-order valence-electron chi connectivity index (χ0n) is 7.09. The summed E-state index contributed by atoms with van der Waals surface area (Å²) in [6.07, 6.45) is 11.3. The Hall–Kier alpha value is -1.83. The third-order valence-corrected chi connectivity index (χ3v) is 1.67. The molecule has 64 valence electrons. The summed E-state index contributed by atoms with van der Waals surface area (Å²) in [5.41, 5.74) is 1.86. The molecule has 0 aromatic carbocycles. The molecule has 0 N–H and O–H groups in total. The summed E-state index contributed by atoms with van der Waals surface area (Å²) < 4.78 is 0. The van der Waals surface area contributed by atoms with E-state index in [1.165, 1.54) is 0 Å². The van der Waals surface area contributed by atoms with Gasteiger partial charge in [-0.25, -0.2) is 0 Å². The molecule has 1 aliphatic heterocycles. The Balaban J connectivity index is 2.21. The number of hydrogen-bond acceptors (Lipinski definition) is 1. The first-order valence-electron chi connectivity index (χ1n) is 4.12. The van der Waals surface area contributed by atoms with Gasteiger partial charge in [0.2, 0.25) is 0 Å². The van der Waals surface area contributed by atoms with Crippen molar-refractivity contribution in [2.45, 2.75) is 0 Å². The molecule has 0 saturated heterocycles. The molecule has 0 amide bonds. The normalized spacial score (nSPS) is 17.4. The van der Waals surface area contributed by atoms with Gasteiger partial charge < -0.3 is 5.32 Å². The summed E-state index contributed by atoms with van der Waals surface area (Å²) >= 11 is 0. The minimum atomic E-state index is 0.932.